The van der Waals surface area contributed by atoms with Gasteiger partial charge < -0.3 is 24.1 Å². The molecular formula is C21H22N2O4. The number of anilines is 1. The Hall–Kier alpha value is -2.99. The fourth-order valence-electron chi connectivity index (χ4n) is 3.38. The van der Waals surface area contributed by atoms with Crippen molar-refractivity contribution < 1.29 is 14.2 Å². The molecule has 27 heavy (non-hydrogen) atoms. The number of nitrogens with one attached hydrogen (secondary N) is 1. The molecule has 3 aromatic rings. The second-order valence-electron chi connectivity index (χ2n) is 6.48. The Morgan fingerprint density at radius 1 is 0.963 bits per heavy atom. The summed E-state index contributed by atoms with van der Waals surface area (Å²) in [7, 11) is 3.21. The van der Waals surface area contributed by atoms with Gasteiger partial charge in [-0.1, -0.05) is 6.07 Å². The molecule has 1 saturated heterocycles. The molecule has 0 saturated carbocycles. The van der Waals surface area contributed by atoms with Gasteiger partial charge in [-0.05, 0) is 35.7 Å². The van der Waals surface area contributed by atoms with E-state index >= 15 is 0 Å². The summed E-state index contributed by atoms with van der Waals surface area (Å²) in [6.07, 6.45) is 0. The lowest BCUT2D eigenvalue weighted by Gasteiger charge is -2.29. The maximum atomic E-state index is 12.8. The number of morpholine rings is 1. The van der Waals surface area contributed by atoms with Gasteiger partial charge in [-0.25, -0.2) is 0 Å². The molecule has 2 heterocycles. The standard InChI is InChI=1S/C21H22N2O4/c1-25-17-9-15(10-18(13-17)26-2)20-11-14-3-4-16(12-19(14)21(24)22-20)23-5-7-27-8-6-23/h3-4,9-13H,5-8H2,1-2H3,(H,22,24). The molecule has 0 atom stereocenters. The summed E-state index contributed by atoms with van der Waals surface area (Å²) in [4.78, 5) is 18.0. The first-order valence-electron chi connectivity index (χ1n) is 8.91. The lowest BCUT2D eigenvalue weighted by atomic mass is 10.1. The first-order chi connectivity index (χ1) is 13.2. The summed E-state index contributed by atoms with van der Waals surface area (Å²) in [5.41, 5.74) is 2.50. The van der Waals surface area contributed by atoms with Gasteiger partial charge in [0.05, 0.1) is 27.4 Å². The molecule has 4 rings (SSSR count). The molecule has 6 heteroatoms. The third kappa shape index (κ3) is 3.48. The van der Waals surface area contributed by atoms with Crippen LogP contribution in [0.15, 0.2) is 47.3 Å². The summed E-state index contributed by atoms with van der Waals surface area (Å²) in [6, 6.07) is 13.5. The number of methoxy groups -OCH3 is 2. The third-order valence-corrected chi connectivity index (χ3v) is 4.87. The zero-order valence-corrected chi connectivity index (χ0v) is 15.5. The molecular weight excluding hydrogens is 344 g/mol. The maximum Gasteiger partial charge on any atom is 0.256 e. The van der Waals surface area contributed by atoms with Crippen LogP contribution in [0.4, 0.5) is 5.69 Å². The Morgan fingerprint density at radius 3 is 2.33 bits per heavy atom. The van der Waals surface area contributed by atoms with Crippen LogP contribution < -0.4 is 19.9 Å². The third-order valence-electron chi connectivity index (χ3n) is 4.87. The van der Waals surface area contributed by atoms with E-state index in [1.54, 1.807) is 20.3 Å². The molecule has 1 aliphatic heterocycles. The number of hydrogen-bond acceptors (Lipinski definition) is 5. The van der Waals surface area contributed by atoms with Gasteiger partial charge in [0, 0.05) is 41.5 Å². The molecule has 0 aliphatic carbocycles. The van der Waals surface area contributed by atoms with Gasteiger partial charge >= 0.3 is 0 Å². The fourth-order valence-corrected chi connectivity index (χ4v) is 3.38. The average Bonchev–Trinajstić information content (AvgIpc) is 2.73. The van der Waals surface area contributed by atoms with Crippen LogP contribution >= 0.6 is 0 Å². The summed E-state index contributed by atoms with van der Waals surface area (Å²) in [5.74, 6) is 1.35. The average molecular weight is 366 g/mol. The van der Waals surface area contributed by atoms with E-state index in [0.29, 0.717) is 30.1 Å². The van der Waals surface area contributed by atoms with Crippen LogP contribution in [0.2, 0.25) is 0 Å². The van der Waals surface area contributed by atoms with Crippen molar-refractivity contribution in [2.45, 2.75) is 0 Å². The van der Waals surface area contributed by atoms with Gasteiger partial charge in [-0.15, -0.1) is 0 Å². The molecule has 0 amide bonds. The number of benzene rings is 2. The lowest BCUT2D eigenvalue weighted by Crippen LogP contribution is -2.36. The summed E-state index contributed by atoms with van der Waals surface area (Å²) in [6.45, 7) is 3.10. The van der Waals surface area contributed by atoms with Crippen molar-refractivity contribution in [1.29, 1.82) is 0 Å². The van der Waals surface area contributed by atoms with Crippen LogP contribution in [-0.2, 0) is 4.74 Å². The normalized spacial score (nSPS) is 14.4. The first-order valence-corrected chi connectivity index (χ1v) is 8.91. The predicted octanol–water partition coefficient (Wildman–Crippen LogP) is 3.05. The van der Waals surface area contributed by atoms with E-state index in [1.165, 1.54) is 0 Å². The van der Waals surface area contributed by atoms with Crippen molar-refractivity contribution in [3.05, 3.63) is 52.8 Å². The summed E-state index contributed by atoms with van der Waals surface area (Å²) in [5, 5.41) is 1.57. The number of fused-ring (bicyclic) bond motifs is 1. The van der Waals surface area contributed by atoms with Crippen molar-refractivity contribution in [1.82, 2.24) is 4.98 Å². The van der Waals surface area contributed by atoms with Crippen molar-refractivity contribution >= 4 is 16.5 Å². The van der Waals surface area contributed by atoms with Gasteiger partial charge in [0.1, 0.15) is 11.5 Å². The lowest BCUT2D eigenvalue weighted by molar-refractivity contribution is 0.122. The molecule has 2 aromatic carbocycles. The zero-order chi connectivity index (χ0) is 18.8. The quantitative estimate of drug-likeness (QED) is 0.769. The minimum atomic E-state index is -0.112. The van der Waals surface area contributed by atoms with E-state index in [4.69, 9.17) is 14.2 Å². The first kappa shape index (κ1) is 17.4. The zero-order valence-electron chi connectivity index (χ0n) is 15.5. The number of hydrogen-bond donors (Lipinski definition) is 1. The van der Waals surface area contributed by atoms with Crippen LogP contribution in [0, 0.1) is 0 Å². The summed E-state index contributed by atoms with van der Waals surface area (Å²) >= 11 is 0. The van der Waals surface area contributed by atoms with Crippen LogP contribution in [-0.4, -0.2) is 45.5 Å². The van der Waals surface area contributed by atoms with E-state index in [2.05, 4.69) is 16.0 Å². The van der Waals surface area contributed by atoms with E-state index in [0.717, 1.165) is 35.4 Å². The van der Waals surface area contributed by atoms with E-state index in [9.17, 15) is 4.79 Å². The fraction of sp³-hybridized carbons (Fsp3) is 0.286. The number of H-pyrrole nitrogens is 1. The number of pyridine rings is 1. The highest BCUT2D eigenvalue weighted by Crippen LogP contribution is 2.30. The molecule has 0 radical (unpaired) electrons. The van der Waals surface area contributed by atoms with Gasteiger partial charge in [0.15, 0.2) is 0 Å². The molecule has 0 spiro atoms. The Labute approximate surface area is 157 Å². The van der Waals surface area contributed by atoms with Crippen molar-refractivity contribution in [3.8, 4) is 22.8 Å². The largest absolute Gasteiger partial charge is 0.497 e. The van der Waals surface area contributed by atoms with Crippen molar-refractivity contribution in [3.63, 3.8) is 0 Å². The van der Waals surface area contributed by atoms with E-state index in [-0.39, 0.29) is 5.56 Å². The molecule has 0 unspecified atom stereocenters. The Balaban J connectivity index is 1.77. The second kappa shape index (κ2) is 7.32. The highest BCUT2D eigenvalue weighted by molar-refractivity contribution is 5.88. The predicted molar refractivity (Wildman–Crippen MR) is 106 cm³/mol. The van der Waals surface area contributed by atoms with Crippen LogP contribution in [0.25, 0.3) is 22.0 Å². The number of ether oxygens (including phenoxy) is 3. The smallest absolute Gasteiger partial charge is 0.256 e. The Bertz CT molecular complexity index is 1000. The van der Waals surface area contributed by atoms with Crippen LogP contribution in [0.1, 0.15) is 0 Å². The maximum absolute atomic E-state index is 12.8. The molecule has 0 bridgehead atoms. The number of aromatic nitrogens is 1. The van der Waals surface area contributed by atoms with Crippen LogP contribution in [0.5, 0.6) is 11.5 Å². The number of aromatic amines is 1. The minimum absolute atomic E-state index is 0.112. The van der Waals surface area contributed by atoms with E-state index < -0.39 is 0 Å². The molecule has 1 aromatic heterocycles. The second-order valence-corrected chi connectivity index (χ2v) is 6.48. The number of nitrogens with zero attached hydrogens (tertiary/aromatic N) is 1. The molecule has 140 valence electrons. The summed E-state index contributed by atoms with van der Waals surface area (Å²) < 4.78 is 16.1. The van der Waals surface area contributed by atoms with Gasteiger partial charge in [-0.3, -0.25) is 4.79 Å². The molecule has 1 N–H and O–H groups in total. The minimum Gasteiger partial charge on any atom is -0.497 e. The van der Waals surface area contributed by atoms with Crippen LogP contribution in [0.3, 0.4) is 0 Å². The number of rotatable bonds is 4. The Kier molecular flexibility index (Phi) is 4.73. The van der Waals surface area contributed by atoms with Gasteiger partial charge in [0.25, 0.3) is 5.56 Å². The topological polar surface area (TPSA) is 63.8 Å². The van der Waals surface area contributed by atoms with E-state index in [1.807, 2.05) is 30.3 Å². The van der Waals surface area contributed by atoms with Crippen molar-refractivity contribution in [2.75, 3.05) is 45.4 Å². The monoisotopic (exact) mass is 366 g/mol. The highest BCUT2D eigenvalue weighted by Gasteiger charge is 2.13. The molecule has 6 nitrogen and oxygen atoms in total. The van der Waals surface area contributed by atoms with Gasteiger partial charge in [0.2, 0.25) is 0 Å². The molecule has 1 fully saturated rings. The SMILES string of the molecule is COc1cc(OC)cc(-c2cc3ccc(N4CCOCC4)cc3c(=O)[nH]2)c1. The van der Waals surface area contributed by atoms with Gasteiger partial charge in [-0.2, -0.15) is 0 Å². The Morgan fingerprint density at radius 2 is 1.67 bits per heavy atom. The molecule has 1 aliphatic rings. The highest BCUT2D eigenvalue weighted by atomic mass is 16.5. The van der Waals surface area contributed by atoms with Crippen molar-refractivity contribution in [2.24, 2.45) is 0 Å².